The summed E-state index contributed by atoms with van der Waals surface area (Å²) in [5, 5.41) is 0. The van der Waals surface area contributed by atoms with E-state index in [9.17, 15) is 4.79 Å². The van der Waals surface area contributed by atoms with Crippen LogP contribution in [-0.2, 0) is 0 Å². The maximum atomic E-state index is 11.0. The van der Waals surface area contributed by atoms with Gasteiger partial charge in [-0.2, -0.15) is 0 Å². The number of ether oxygens (including phenoxy) is 1. The third-order valence-corrected chi connectivity index (χ3v) is 3.16. The Morgan fingerprint density at radius 1 is 1.06 bits per heavy atom. The molecule has 0 heterocycles. The number of rotatable bonds is 3. The molecule has 0 amide bonds. The first kappa shape index (κ1) is 12.8. The van der Waals surface area contributed by atoms with Gasteiger partial charge in [-0.1, -0.05) is 28.1 Å². The van der Waals surface area contributed by atoms with Gasteiger partial charge < -0.3 is 4.74 Å². The Bertz CT molecular complexity index is 591. The van der Waals surface area contributed by atoms with Crippen molar-refractivity contribution in [2.75, 3.05) is 0 Å². The lowest BCUT2D eigenvalue weighted by atomic mass is 10.1. The molecule has 0 aliphatic rings. The van der Waals surface area contributed by atoms with Crippen LogP contribution in [-0.4, -0.2) is 6.29 Å². The lowest BCUT2D eigenvalue weighted by Gasteiger charge is -2.11. The van der Waals surface area contributed by atoms with E-state index in [1.807, 2.05) is 38.1 Å². The van der Waals surface area contributed by atoms with Crippen LogP contribution in [0.25, 0.3) is 0 Å². The van der Waals surface area contributed by atoms with Crippen LogP contribution in [0.2, 0.25) is 0 Å². The molecule has 0 atom stereocenters. The van der Waals surface area contributed by atoms with Crippen molar-refractivity contribution in [1.82, 2.24) is 0 Å². The van der Waals surface area contributed by atoms with Crippen LogP contribution >= 0.6 is 15.9 Å². The quantitative estimate of drug-likeness (QED) is 0.770. The van der Waals surface area contributed by atoms with Gasteiger partial charge in [-0.15, -0.1) is 0 Å². The number of carbonyl (C=O) groups is 1. The van der Waals surface area contributed by atoms with E-state index in [0.717, 1.165) is 27.6 Å². The summed E-state index contributed by atoms with van der Waals surface area (Å²) >= 11 is 3.38. The highest BCUT2D eigenvalue weighted by atomic mass is 79.9. The van der Waals surface area contributed by atoms with Gasteiger partial charge in [0.25, 0.3) is 0 Å². The van der Waals surface area contributed by atoms with E-state index in [0.29, 0.717) is 11.3 Å². The van der Waals surface area contributed by atoms with Crippen molar-refractivity contribution < 1.29 is 9.53 Å². The fourth-order valence-electron chi connectivity index (χ4n) is 1.63. The maximum absolute atomic E-state index is 11.0. The van der Waals surface area contributed by atoms with Crippen molar-refractivity contribution in [3.63, 3.8) is 0 Å². The number of hydrogen-bond acceptors (Lipinski definition) is 2. The van der Waals surface area contributed by atoms with Gasteiger partial charge in [0.1, 0.15) is 11.5 Å². The molecule has 18 heavy (non-hydrogen) atoms. The van der Waals surface area contributed by atoms with Crippen molar-refractivity contribution in [3.05, 3.63) is 57.6 Å². The summed E-state index contributed by atoms with van der Waals surface area (Å²) < 4.78 is 6.71. The van der Waals surface area contributed by atoms with Gasteiger partial charge in [0.2, 0.25) is 0 Å². The molecule has 0 bridgehead atoms. The number of aryl methyl sites for hydroxylation is 2. The topological polar surface area (TPSA) is 26.3 Å². The van der Waals surface area contributed by atoms with Crippen molar-refractivity contribution in [2.45, 2.75) is 13.8 Å². The number of halogens is 1. The van der Waals surface area contributed by atoms with Crippen LogP contribution in [0.15, 0.2) is 40.9 Å². The van der Waals surface area contributed by atoms with Crippen molar-refractivity contribution >= 4 is 22.2 Å². The smallest absolute Gasteiger partial charge is 0.153 e. The zero-order chi connectivity index (χ0) is 13.1. The van der Waals surface area contributed by atoms with Crippen LogP contribution in [0.4, 0.5) is 0 Å². The first-order valence-corrected chi connectivity index (χ1v) is 6.39. The van der Waals surface area contributed by atoms with Crippen molar-refractivity contribution in [1.29, 1.82) is 0 Å². The molecule has 0 aromatic heterocycles. The summed E-state index contributed by atoms with van der Waals surface area (Å²) in [5.74, 6) is 1.34. The van der Waals surface area contributed by atoms with E-state index < -0.39 is 0 Å². The van der Waals surface area contributed by atoms with Gasteiger partial charge in [0, 0.05) is 4.47 Å². The molecule has 0 aliphatic carbocycles. The molecule has 2 rings (SSSR count). The Kier molecular flexibility index (Phi) is 3.82. The summed E-state index contributed by atoms with van der Waals surface area (Å²) in [7, 11) is 0. The van der Waals surface area contributed by atoms with Crippen LogP contribution < -0.4 is 4.74 Å². The second-order valence-electron chi connectivity index (χ2n) is 4.17. The van der Waals surface area contributed by atoms with Gasteiger partial charge in [0.15, 0.2) is 6.29 Å². The molecular formula is C15H13BrO2. The molecule has 2 nitrogen and oxygen atoms in total. The Labute approximate surface area is 115 Å². The Balaban J connectivity index is 2.41. The van der Waals surface area contributed by atoms with E-state index in [1.165, 1.54) is 0 Å². The van der Waals surface area contributed by atoms with Crippen LogP contribution in [0.1, 0.15) is 21.5 Å². The number of carbonyl (C=O) groups excluding carboxylic acids is 1. The average Bonchev–Trinajstić information content (AvgIpc) is 2.34. The normalized spacial score (nSPS) is 10.2. The first-order chi connectivity index (χ1) is 8.60. The summed E-state index contributed by atoms with van der Waals surface area (Å²) in [6.07, 6.45) is 0.799. The first-order valence-electron chi connectivity index (χ1n) is 5.60. The van der Waals surface area contributed by atoms with Gasteiger partial charge >= 0.3 is 0 Å². The van der Waals surface area contributed by atoms with E-state index in [2.05, 4.69) is 15.9 Å². The van der Waals surface area contributed by atoms with Crippen molar-refractivity contribution in [2.24, 2.45) is 0 Å². The van der Waals surface area contributed by atoms with Gasteiger partial charge in [-0.25, -0.2) is 0 Å². The fraction of sp³-hybridized carbons (Fsp3) is 0.133. The minimum Gasteiger partial charge on any atom is -0.456 e. The second-order valence-corrected chi connectivity index (χ2v) is 5.09. The minimum absolute atomic E-state index is 0.541. The molecule has 2 aromatic carbocycles. The molecule has 92 valence electrons. The molecule has 0 saturated heterocycles. The van der Waals surface area contributed by atoms with Gasteiger partial charge in [-0.3, -0.25) is 4.79 Å². The highest BCUT2D eigenvalue weighted by Gasteiger charge is 2.07. The van der Waals surface area contributed by atoms with Crippen LogP contribution in [0.5, 0.6) is 11.5 Å². The zero-order valence-electron chi connectivity index (χ0n) is 10.2. The van der Waals surface area contributed by atoms with E-state index in [-0.39, 0.29) is 0 Å². The standard InChI is InChI=1S/C15H13BrO2/c1-10-3-4-11(2)14(7-10)18-15-8-13(16)6-5-12(15)9-17/h3-9H,1-2H3. The van der Waals surface area contributed by atoms with E-state index >= 15 is 0 Å². The largest absolute Gasteiger partial charge is 0.456 e. The Morgan fingerprint density at radius 2 is 1.83 bits per heavy atom. The second kappa shape index (κ2) is 5.36. The minimum atomic E-state index is 0.541. The molecule has 0 N–H and O–H groups in total. The molecule has 0 radical (unpaired) electrons. The molecule has 0 aliphatic heterocycles. The van der Waals surface area contributed by atoms with Gasteiger partial charge in [-0.05, 0) is 49.2 Å². The molecule has 0 saturated carbocycles. The fourth-order valence-corrected chi connectivity index (χ4v) is 1.97. The number of benzene rings is 2. The Morgan fingerprint density at radius 3 is 2.56 bits per heavy atom. The molecule has 0 fully saturated rings. The monoisotopic (exact) mass is 304 g/mol. The summed E-state index contributed by atoms with van der Waals surface area (Å²) in [4.78, 5) is 11.0. The molecule has 0 unspecified atom stereocenters. The zero-order valence-corrected chi connectivity index (χ0v) is 11.8. The summed E-state index contributed by atoms with van der Waals surface area (Å²) in [5.41, 5.74) is 2.70. The maximum Gasteiger partial charge on any atom is 0.153 e. The van der Waals surface area contributed by atoms with E-state index in [1.54, 1.807) is 12.1 Å². The molecule has 0 spiro atoms. The Hall–Kier alpha value is -1.61. The van der Waals surface area contributed by atoms with Crippen molar-refractivity contribution in [3.8, 4) is 11.5 Å². The lowest BCUT2D eigenvalue weighted by Crippen LogP contribution is -1.93. The SMILES string of the molecule is Cc1ccc(C)c(Oc2cc(Br)ccc2C=O)c1. The van der Waals surface area contributed by atoms with E-state index in [4.69, 9.17) is 4.74 Å². The number of aldehydes is 1. The third kappa shape index (κ3) is 2.79. The lowest BCUT2D eigenvalue weighted by molar-refractivity contribution is 0.112. The number of hydrogen-bond donors (Lipinski definition) is 0. The highest BCUT2D eigenvalue weighted by molar-refractivity contribution is 9.10. The van der Waals surface area contributed by atoms with Gasteiger partial charge in [0.05, 0.1) is 5.56 Å². The molecular weight excluding hydrogens is 292 g/mol. The highest BCUT2D eigenvalue weighted by Crippen LogP contribution is 2.30. The average molecular weight is 305 g/mol. The predicted molar refractivity (Wildman–Crippen MR) is 75.5 cm³/mol. The predicted octanol–water partition coefficient (Wildman–Crippen LogP) is 4.67. The van der Waals surface area contributed by atoms with Crippen LogP contribution in [0.3, 0.4) is 0 Å². The van der Waals surface area contributed by atoms with Crippen LogP contribution in [0, 0.1) is 13.8 Å². The molecule has 3 heteroatoms. The third-order valence-electron chi connectivity index (χ3n) is 2.67. The molecule has 2 aromatic rings. The summed E-state index contributed by atoms with van der Waals surface area (Å²) in [6.45, 7) is 3.99. The summed E-state index contributed by atoms with van der Waals surface area (Å²) in [6, 6.07) is 11.3.